The smallest absolute Gasteiger partial charge is 0.138 e. The molecule has 10 aromatic rings. The maximum atomic E-state index is 6.89. The number of nitrogens with zero attached hydrogens (tertiary/aromatic N) is 2. The quantitative estimate of drug-likeness (QED) is 0.163. The van der Waals surface area contributed by atoms with Crippen molar-refractivity contribution in [1.29, 1.82) is 0 Å². The summed E-state index contributed by atoms with van der Waals surface area (Å²) < 4.78 is 6.89. The van der Waals surface area contributed by atoms with Crippen molar-refractivity contribution in [3.63, 3.8) is 0 Å². The number of aliphatic imine (C=N–C) groups is 1. The summed E-state index contributed by atoms with van der Waals surface area (Å²) in [6.45, 7) is 0. The predicted octanol–water partition coefficient (Wildman–Crippen LogP) is 14.9. The fraction of sp³-hybridized carbons (Fsp3) is 0.0185. The van der Waals surface area contributed by atoms with Gasteiger partial charge in [-0.2, -0.15) is 0 Å². The van der Waals surface area contributed by atoms with Crippen LogP contribution in [0, 0.1) is 0 Å². The van der Waals surface area contributed by atoms with Crippen LogP contribution in [0.5, 0.6) is 0 Å². The van der Waals surface area contributed by atoms with Gasteiger partial charge in [0.15, 0.2) is 0 Å². The number of hydrogen-bond acceptors (Lipinski definition) is 3. The second kappa shape index (κ2) is 13.7. The third-order valence-corrected chi connectivity index (χ3v) is 11.3. The molecule has 0 amide bonds. The zero-order valence-corrected chi connectivity index (χ0v) is 31.1. The molecular formula is C54H36N2O. The summed E-state index contributed by atoms with van der Waals surface area (Å²) in [7, 11) is 0. The van der Waals surface area contributed by atoms with E-state index in [2.05, 4.69) is 211 Å². The summed E-state index contributed by atoms with van der Waals surface area (Å²) in [6.07, 6.45) is 0.785. The van der Waals surface area contributed by atoms with E-state index in [1.54, 1.807) is 0 Å². The van der Waals surface area contributed by atoms with Crippen molar-refractivity contribution in [2.45, 2.75) is 6.42 Å². The molecule has 0 aliphatic carbocycles. The lowest BCUT2D eigenvalue weighted by Gasteiger charge is -2.27. The Morgan fingerprint density at radius 3 is 1.56 bits per heavy atom. The maximum Gasteiger partial charge on any atom is 0.138 e. The first-order chi connectivity index (χ1) is 28.3. The van der Waals surface area contributed by atoms with Gasteiger partial charge in [0.1, 0.15) is 11.2 Å². The van der Waals surface area contributed by atoms with Crippen molar-refractivity contribution in [2.75, 3.05) is 4.90 Å². The number of hydrogen-bond donors (Lipinski definition) is 0. The summed E-state index contributed by atoms with van der Waals surface area (Å²) in [5.74, 6) is 0. The minimum Gasteiger partial charge on any atom is -0.456 e. The van der Waals surface area contributed by atoms with Crippen LogP contribution in [0.3, 0.4) is 0 Å². The first-order valence-corrected chi connectivity index (χ1v) is 19.5. The molecule has 0 atom stereocenters. The van der Waals surface area contributed by atoms with Crippen molar-refractivity contribution in [3.05, 3.63) is 217 Å². The van der Waals surface area contributed by atoms with Gasteiger partial charge in [-0.25, -0.2) is 0 Å². The van der Waals surface area contributed by atoms with Crippen molar-refractivity contribution < 1.29 is 4.42 Å². The van der Waals surface area contributed by atoms with E-state index in [0.29, 0.717) is 0 Å². The zero-order chi connectivity index (χ0) is 37.7. The van der Waals surface area contributed by atoms with Gasteiger partial charge in [-0.1, -0.05) is 164 Å². The standard InChI is InChI=1S/C54H36N2O/c1-4-14-36(15-5-1)38-26-30-41(31-27-38)56(42-32-28-39(29-33-42)37-16-6-2-7-17-37)50-35-52-54(46-21-11-10-20-44(46)50)53-45(23-13-25-51(53)57-52)43-22-12-24-48-47(43)34-49(55-48)40-18-8-3-9-19-40/h1-33,35H,34H2. The van der Waals surface area contributed by atoms with Gasteiger partial charge >= 0.3 is 0 Å². The molecule has 11 rings (SSSR count). The summed E-state index contributed by atoms with van der Waals surface area (Å²) in [5.41, 5.74) is 16.6. The van der Waals surface area contributed by atoms with Gasteiger partial charge in [0.2, 0.25) is 0 Å². The van der Waals surface area contributed by atoms with Gasteiger partial charge in [-0.3, -0.25) is 4.99 Å². The molecule has 2 heterocycles. The van der Waals surface area contributed by atoms with E-state index in [-0.39, 0.29) is 0 Å². The minimum absolute atomic E-state index is 0.785. The lowest BCUT2D eigenvalue weighted by molar-refractivity contribution is 0.669. The first-order valence-electron chi connectivity index (χ1n) is 19.5. The molecule has 57 heavy (non-hydrogen) atoms. The van der Waals surface area contributed by atoms with Crippen molar-refractivity contribution in [1.82, 2.24) is 0 Å². The second-order valence-electron chi connectivity index (χ2n) is 14.7. The van der Waals surface area contributed by atoms with Crippen LogP contribution in [0.1, 0.15) is 11.1 Å². The van der Waals surface area contributed by atoms with Crippen LogP contribution in [0.15, 0.2) is 216 Å². The van der Waals surface area contributed by atoms with Crippen LogP contribution < -0.4 is 4.90 Å². The highest BCUT2D eigenvalue weighted by molar-refractivity contribution is 6.26. The monoisotopic (exact) mass is 728 g/mol. The SMILES string of the molecule is c1ccc(C2=Nc3cccc(-c4cccc5oc6cc(N(c7ccc(-c8ccccc8)cc7)c7ccc(-c8ccccc8)cc7)c7ccccc7c6c45)c3C2)cc1. The Bertz CT molecular complexity index is 3030. The van der Waals surface area contributed by atoms with Gasteiger partial charge < -0.3 is 9.32 Å². The Labute approximate surface area is 331 Å². The molecule has 0 saturated carbocycles. The summed E-state index contributed by atoms with van der Waals surface area (Å²) in [4.78, 5) is 7.48. The number of rotatable bonds is 7. The Hall–Kier alpha value is -7.49. The second-order valence-corrected chi connectivity index (χ2v) is 14.7. The molecule has 1 aromatic heterocycles. The number of furan rings is 1. The van der Waals surface area contributed by atoms with E-state index in [1.165, 1.54) is 38.9 Å². The molecule has 0 saturated heterocycles. The van der Waals surface area contributed by atoms with Crippen LogP contribution in [-0.4, -0.2) is 5.71 Å². The van der Waals surface area contributed by atoms with E-state index >= 15 is 0 Å². The Balaban J connectivity index is 1.09. The Kier molecular flexibility index (Phi) is 7.89. The first kappa shape index (κ1) is 32.9. The van der Waals surface area contributed by atoms with E-state index in [4.69, 9.17) is 9.41 Å². The molecule has 3 nitrogen and oxygen atoms in total. The molecular weight excluding hydrogens is 693 g/mol. The van der Waals surface area contributed by atoms with Crippen LogP contribution in [0.4, 0.5) is 22.7 Å². The van der Waals surface area contributed by atoms with E-state index in [9.17, 15) is 0 Å². The summed E-state index contributed by atoms with van der Waals surface area (Å²) >= 11 is 0. The van der Waals surface area contributed by atoms with Gasteiger partial charge in [0.05, 0.1) is 17.1 Å². The van der Waals surface area contributed by atoms with E-state index < -0.39 is 0 Å². The largest absolute Gasteiger partial charge is 0.456 e. The number of anilines is 3. The average molecular weight is 729 g/mol. The highest BCUT2D eigenvalue weighted by Gasteiger charge is 2.25. The van der Waals surface area contributed by atoms with Crippen LogP contribution in [-0.2, 0) is 6.42 Å². The number of fused-ring (bicyclic) bond motifs is 6. The fourth-order valence-corrected chi connectivity index (χ4v) is 8.63. The van der Waals surface area contributed by atoms with Crippen molar-refractivity contribution >= 4 is 61.2 Å². The molecule has 1 aliphatic rings. The molecule has 0 fully saturated rings. The zero-order valence-electron chi connectivity index (χ0n) is 31.1. The molecule has 0 bridgehead atoms. The van der Waals surface area contributed by atoms with Gasteiger partial charge in [-0.05, 0) is 86.3 Å². The Morgan fingerprint density at radius 1 is 0.404 bits per heavy atom. The van der Waals surface area contributed by atoms with Crippen LogP contribution in [0.2, 0.25) is 0 Å². The maximum absolute atomic E-state index is 6.89. The molecule has 0 unspecified atom stereocenters. The third-order valence-electron chi connectivity index (χ3n) is 11.3. The van der Waals surface area contributed by atoms with Gasteiger partial charge in [-0.15, -0.1) is 0 Å². The van der Waals surface area contributed by atoms with Crippen molar-refractivity contribution in [2.24, 2.45) is 4.99 Å². The molecule has 268 valence electrons. The summed E-state index contributed by atoms with van der Waals surface area (Å²) in [6, 6.07) is 73.4. The lowest BCUT2D eigenvalue weighted by atomic mass is 9.91. The fourth-order valence-electron chi connectivity index (χ4n) is 8.63. The topological polar surface area (TPSA) is 28.7 Å². The van der Waals surface area contributed by atoms with E-state index in [0.717, 1.165) is 73.2 Å². The van der Waals surface area contributed by atoms with Gasteiger partial charge in [0, 0.05) is 40.0 Å². The molecule has 3 heteroatoms. The lowest BCUT2D eigenvalue weighted by Crippen LogP contribution is -2.10. The Morgan fingerprint density at radius 2 is 0.930 bits per heavy atom. The molecule has 9 aromatic carbocycles. The third kappa shape index (κ3) is 5.71. The molecule has 1 aliphatic heterocycles. The summed E-state index contributed by atoms with van der Waals surface area (Å²) in [5, 5.41) is 4.55. The van der Waals surface area contributed by atoms with Crippen molar-refractivity contribution in [3.8, 4) is 33.4 Å². The molecule has 0 radical (unpaired) electrons. The van der Waals surface area contributed by atoms with E-state index in [1.807, 2.05) is 0 Å². The molecule has 0 spiro atoms. The van der Waals surface area contributed by atoms with Crippen LogP contribution >= 0.6 is 0 Å². The van der Waals surface area contributed by atoms with Crippen LogP contribution in [0.25, 0.3) is 66.1 Å². The minimum atomic E-state index is 0.785. The predicted molar refractivity (Wildman–Crippen MR) is 239 cm³/mol. The number of benzene rings is 9. The highest BCUT2D eigenvalue weighted by Crippen LogP contribution is 2.48. The van der Waals surface area contributed by atoms with Gasteiger partial charge in [0.25, 0.3) is 0 Å². The normalized spacial score (nSPS) is 12.2. The molecule has 0 N–H and O–H groups in total. The average Bonchev–Trinajstić information content (AvgIpc) is 3.90. The highest BCUT2D eigenvalue weighted by atomic mass is 16.3.